The molecular weight excluding hydrogens is 428 g/mol. The van der Waals surface area contributed by atoms with Gasteiger partial charge in [0, 0.05) is 12.2 Å². The summed E-state index contributed by atoms with van der Waals surface area (Å²) in [5, 5.41) is 15.0. The number of hydrogen-bond donors (Lipinski definition) is 1. The number of aromatic nitrogens is 4. The zero-order chi connectivity index (χ0) is 22.8. The topological polar surface area (TPSA) is 102 Å². The second kappa shape index (κ2) is 12.0. The fourth-order valence-electron chi connectivity index (χ4n) is 2.91. The van der Waals surface area contributed by atoms with Crippen LogP contribution in [-0.4, -0.2) is 69.0 Å². The highest BCUT2D eigenvalue weighted by Crippen LogP contribution is 2.18. The van der Waals surface area contributed by atoms with Crippen molar-refractivity contribution in [2.75, 3.05) is 37.3 Å². The molecule has 0 bridgehead atoms. The highest BCUT2D eigenvalue weighted by molar-refractivity contribution is 7.99. The molecule has 1 amide bonds. The third-order valence-corrected chi connectivity index (χ3v) is 5.63. The maximum Gasteiger partial charge on any atom is 0.338 e. The Hall–Kier alpha value is -3.24. The van der Waals surface area contributed by atoms with Crippen LogP contribution in [0.4, 0.5) is 5.69 Å². The Morgan fingerprint density at radius 1 is 1.06 bits per heavy atom. The van der Waals surface area contributed by atoms with Crippen LogP contribution >= 0.6 is 11.8 Å². The van der Waals surface area contributed by atoms with Crippen molar-refractivity contribution in [1.29, 1.82) is 0 Å². The minimum atomic E-state index is -0.377. The number of carbonyl (C=O) groups excluding carboxylic acids is 2. The van der Waals surface area contributed by atoms with Crippen LogP contribution in [0.25, 0.3) is 5.69 Å². The predicted molar refractivity (Wildman–Crippen MR) is 123 cm³/mol. The second-order valence-corrected chi connectivity index (χ2v) is 7.73. The van der Waals surface area contributed by atoms with Gasteiger partial charge in [0.1, 0.15) is 6.61 Å². The smallest absolute Gasteiger partial charge is 0.338 e. The standard InChI is InChI=1S/C22H26N6O3S/c1-3-27(4-2)14-15-31-21(30)17-10-12-18(13-11-17)23-20(29)16-32-22-24-25-26-28(22)19-8-6-5-7-9-19/h5-13H,3-4,14-16H2,1-2H3,(H,23,29). The Morgan fingerprint density at radius 3 is 2.47 bits per heavy atom. The maximum absolute atomic E-state index is 12.3. The van der Waals surface area contributed by atoms with E-state index in [1.807, 2.05) is 30.3 Å². The van der Waals surface area contributed by atoms with E-state index >= 15 is 0 Å². The normalized spacial score (nSPS) is 10.8. The molecule has 9 nitrogen and oxygen atoms in total. The number of nitrogens with zero attached hydrogens (tertiary/aromatic N) is 5. The van der Waals surface area contributed by atoms with Gasteiger partial charge in [-0.15, -0.1) is 5.10 Å². The highest BCUT2D eigenvalue weighted by Gasteiger charge is 2.12. The van der Waals surface area contributed by atoms with Gasteiger partial charge in [-0.25, -0.2) is 4.79 Å². The summed E-state index contributed by atoms with van der Waals surface area (Å²) in [5.74, 6) is -0.437. The fourth-order valence-corrected chi connectivity index (χ4v) is 3.60. The summed E-state index contributed by atoms with van der Waals surface area (Å²) in [5.41, 5.74) is 1.86. The van der Waals surface area contributed by atoms with Gasteiger partial charge in [-0.1, -0.05) is 43.8 Å². The molecule has 0 spiro atoms. The number of para-hydroxylation sites is 1. The molecule has 1 aromatic heterocycles. The second-order valence-electron chi connectivity index (χ2n) is 6.79. The minimum Gasteiger partial charge on any atom is -0.461 e. The number of benzene rings is 2. The van der Waals surface area contributed by atoms with Gasteiger partial charge in [0.15, 0.2) is 0 Å². The zero-order valence-corrected chi connectivity index (χ0v) is 18.9. The van der Waals surface area contributed by atoms with Crippen molar-refractivity contribution in [2.45, 2.75) is 19.0 Å². The van der Waals surface area contributed by atoms with E-state index in [-0.39, 0.29) is 17.6 Å². The summed E-state index contributed by atoms with van der Waals surface area (Å²) in [4.78, 5) is 26.7. The van der Waals surface area contributed by atoms with Crippen LogP contribution in [0.15, 0.2) is 59.8 Å². The first kappa shape index (κ1) is 23.4. The molecule has 1 heterocycles. The van der Waals surface area contributed by atoms with E-state index in [1.165, 1.54) is 11.8 Å². The summed E-state index contributed by atoms with van der Waals surface area (Å²) >= 11 is 1.24. The van der Waals surface area contributed by atoms with Crippen molar-refractivity contribution in [3.63, 3.8) is 0 Å². The summed E-state index contributed by atoms with van der Waals surface area (Å²) in [6, 6.07) is 16.1. The highest BCUT2D eigenvalue weighted by atomic mass is 32.2. The number of thioether (sulfide) groups is 1. The van der Waals surface area contributed by atoms with Crippen LogP contribution in [0.2, 0.25) is 0 Å². The van der Waals surface area contributed by atoms with Crippen LogP contribution < -0.4 is 5.32 Å². The van der Waals surface area contributed by atoms with Crippen molar-refractivity contribution >= 4 is 29.3 Å². The summed E-state index contributed by atoms with van der Waals surface area (Å²) < 4.78 is 6.90. The number of hydrogen-bond acceptors (Lipinski definition) is 8. The molecule has 168 valence electrons. The van der Waals surface area contributed by atoms with Gasteiger partial charge in [0.05, 0.1) is 17.0 Å². The molecule has 0 radical (unpaired) electrons. The number of rotatable bonds is 11. The van der Waals surface area contributed by atoms with Gasteiger partial charge in [0.2, 0.25) is 11.1 Å². The molecule has 10 heteroatoms. The van der Waals surface area contributed by atoms with Gasteiger partial charge in [0.25, 0.3) is 0 Å². The van der Waals surface area contributed by atoms with Gasteiger partial charge < -0.3 is 15.0 Å². The number of ether oxygens (including phenoxy) is 1. The Bertz CT molecular complexity index is 1010. The summed E-state index contributed by atoms with van der Waals surface area (Å²) in [6.45, 7) is 7.03. The average molecular weight is 455 g/mol. The summed E-state index contributed by atoms with van der Waals surface area (Å²) in [7, 11) is 0. The molecule has 3 rings (SSSR count). The molecule has 0 atom stereocenters. The van der Waals surface area contributed by atoms with Crippen molar-refractivity contribution in [1.82, 2.24) is 25.1 Å². The first-order valence-electron chi connectivity index (χ1n) is 10.4. The maximum atomic E-state index is 12.3. The lowest BCUT2D eigenvalue weighted by atomic mass is 10.2. The van der Waals surface area contributed by atoms with Gasteiger partial charge in [-0.3, -0.25) is 4.79 Å². The number of amides is 1. The summed E-state index contributed by atoms with van der Waals surface area (Å²) in [6.07, 6.45) is 0. The van der Waals surface area contributed by atoms with E-state index < -0.39 is 0 Å². The third kappa shape index (κ3) is 6.63. The lowest BCUT2D eigenvalue weighted by Crippen LogP contribution is -2.27. The number of nitrogens with one attached hydrogen (secondary N) is 1. The predicted octanol–water partition coefficient (Wildman–Crippen LogP) is 2.89. The first-order chi connectivity index (χ1) is 15.6. The Kier molecular flexibility index (Phi) is 8.76. The Labute approximate surface area is 191 Å². The van der Waals surface area contributed by atoms with Gasteiger partial charge in [-0.2, -0.15) is 4.68 Å². The van der Waals surface area contributed by atoms with Crippen LogP contribution in [0, 0.1) is 0 Å². The van der Waals surface area contributed by atoms with E-state index in [4.69, 9.17) is 4.74 Å². The molecule has 2 aromatic carbocycles. The molecule has 0 saturated carbocycles. The third-order valence-electron chi connectivity index (χ3n) is 4.71. The largest absolute Gasteiger partial charge is 0.461 e. The molecule has 3 aromatic rings. The molecular formula is C22H26N6O3S. The molecule has 0 aliphatic carbocycles. The Morgan fingerprint density at radius 2 is 1.78 bits per heavy atom. The average Bonchev–Trinajstić information content (AvgIpc) is 3.30. The SMILES string of the molecule is CCN(CC)CCOC(=O)c1ccc(NC(=O)CSc2nnnn2-c2ccccc2)cc1. The fraction of sp³-hybridized carbons (Fsp3) is 0.318. The lowest BCUT2D eigenvalue weighted by molar-refractivity contribution is -0.113. The number of esters is 1. The number of tetrazole rings is 1. The number of likely N-dealkylation sites (N-methyl/N-ethyl adjacent to an activating group) is 1. The van der Waals surface area contributed by atoms with Crippen LogP contribution in [0.3, 0.4) is 0 Å². The molecule has 32 heavy (non-hydrogen) atoms. The first-order valence-corrected chi connectivity index (χ1v) is 11.3. The molecule has 1 N–H and O–H groups in total. The number of carbonyl (C=O) groups is 2. The quantitative estimate of drug-likeness (QED) is 0.349. The van der Waals surface area contributed by atoms with E-state index in [9.17, 15) is 9.59 Å². The number of anilines is 1. The molecule has 0 unspecified atom stereocenters. The monoisotopic (exact) mass is 454 g/mol. The molecule has 0 aliphatic rings. The van der Waals surface area contributed by atoms with Gasteiger partial charge in [-0.05, 0) is 59.9 Å². The zero-order valence-electron chi connectivity index (χ0n) is 18.1. The Balaban J connectivity index is 1.47. The van der Waals surface area contributed by atoms with E-state index in [1.54, 1.807) is 28.9 Å². The molecule has 0 aliphatic heterocycles. The van der Waals surface area contributed by atoms with Crippen LogP contribution in [-0.2, 0) is 9.53 Å². The molecule has 0 saturated heterocycles. The van der Waals surface area contributed by atoms with E-state index in [0.717, 1.165) is 18.8 Å². The van der Waals surface area contributed by atoms with Crippen molar-refractivity contribution in [2.24, 2.45) is 0 Å². The minimum absolute atomic E-state index is 0.141. The van der Waals surface area contributed by atoms with Crippen LogP contribution in [0.5, 0.6) is 0 Å². The van der Waals surface area contributed by atoms with Crippen LogP contribution in [0.1, 0.15) is 24.2 Å². The van der Waals surface area contributed by atoms with Crippen molar-refractivity contribution in [3.8, 4) is 5.69 Å². The van der Waals surface area contributed by atoms with Gasteiger partial charge >= 0.3 is 5.97 Å². The molecule has 0 fully saturated rings. The van der Waals surface area contributed by atoms with Crippen molar-refractivity contribution in [3.05, 3.63) is 60.2 Å². The van der Waals surface area contributed by atoms with E-state index in [2.05, 4.69) is 39.6 Å². The van der Waals surface area contributed by atoms with E-state index in [0.29, 0.717) is 29.6 Å². The lowest BCUT2D eigenvalue weighted by Gasteiger charge is -2.17. The van der Waals surface area contributed by atoms with Crippen molar-refractivity contribution < 1.29 is 14.3 Å².